The van der Waals surface area contributed by atoms with Gasteiger partial charge in [-0.05, 0) is 18.4 Å². The lowest BCUT2D eigenvalue weighted by atomic mass is 10.2. The number of thiophene rings is 1. The fourth-order valence-corrected chi connectivity index (χ4v) is 3.09. The first-order valence-electron chi connectivity index (χ1n) is 7.61. The number of nitrogens with one attached hydrogen (secondary N) is 1. The van der Waals surface area contributed by atoms with Crippen molar-refractivity contribution in [3.8, 4) is 0 Å². The molecule has 0 spiro atoms. The zero-order valence-electron chi connectivity index (χ0n) is 13.7. The molecule has 0 aromatic carbocycles. The maximum atomic E-state index is 8.12. The molecule has 0 amide bonds. The summed E-state index contributed by atoms with van der Waals surface area (Å²) < 4.78 is 22.0. The van der Waals surface area contributed by atoms with Crippen LogP contribution >= 0.6 is 34.5 Å². The van der Waals surface area contributed by atoms with Gasteiger partial charge in [-0.3, -0.25) is 0 Å². The van der Waals surface area contributed by atoms with Crippen LogP contribution in [-0.4, -0.2) is 11.0 Å². The quantitative estimate of drug-likeness (QED) is 0.649. The molecule has 3 aromatic heterocycles. The molecule has 0 fully saturated rings. The zero-order valence-corrected chi connectivity index (χ0v) is 14.0. The predicted octanol–water partition coefficient (Wildman–Crippen LogP) is 4.70. The summed E-state index contributed by atoms with van der Waals surface area (Å²) >= 11 is 14.0. The van der Waals surface area contributed by atoms with Gasteiger partial charge in [0.1, 0.15) is 21.5 Å². The standard InChI is InChI=1S/C15H15Cl2N3OS/c1-8(18)5-11-13(17)14-15(21-11)10(6-12(16)20-14)19-7-9-3-2-4-22-9/h2-4,6,8H,5,7,18H2,1H3,(H,19,20)/t8-/m0/s1/i5D2. The third-order valence-electron chi connectivity index (χ3n) is 2.95. The summed E-state index contributed by atoms with van der Waals surface area (Å²) in [5.41, 5.74) is 7.01. The number of nitrogens with two attached hydrogens (primary N) is 1. The molecule has 0 unspecified atom stereocenters. The van der Waals surface area contributed by atoms with E-state index in [4.69, 9.17) is 36.1 Å². The fraction of sp³-hybridized carbons (Fsp3) is 0.267. The maximum absolute atomic E-state index is 8.12. The highest BCUT2D eigenvalue weighted by atomic mass is 35.5. The van der Waals surface area contributed by atoms with Gasteiger partial charge in [-0.15, -0.1) is 11.3 Å². The minimum Gasteiger partial charge on any atom is -0.455 e. The highest BCUT2D eigenvalue weighted by Crippen LogP contribution is 2.36. The number of halogens is 2. The van der Waals surface area contributed by atoms with E-state index in [0.717, 1.165) is 4.88 Å². The number of aromatic nitrogens is 1. The molecule has 3 rings (SSSR count). The molecule has 3 aromatic rings. The van der Waals surface area contributed by atoms with Crippen molar-refractivity contribution >= 4 is 51.3 Å². The number of rotatable bonds is 5. The average Bonchev–Trinajstić information content (AvgIpc) is 3.14. The minimum atomic E-state index is -1.92. The molecular formula is C15H15Cl2N3OS. The average molecular weight is 358 g/mol. The normalized spacial score (nSPS) is 14.7. The van der Waals surface area contributed by atoms with Gasteiger partial charge in [0, 0.05) is 32.6 Å². The van der Waals surface area contributed by atoms with Crippen LogP contribution in [-0.2, 0) is 12.9 Å². The Kier molecular flexibility index (Phi) is 3.88. The first-order valence-corrected chi connectivity index (χ1v) is 8.25. The minimum absolute atomic E-state index is 0.0388. The number of pyridine rings is 1. The number of hydrogen-bond donors (Lipinski definition) is 2. The van der Waals surface area contributed by atoms with Gasteiger partial charge in [0.05, 0.1) is 5.69 Å². The van der Waals surface area contributed by atoms with Gasteiger partial charge >= 0.3 is 0 Å². The van der Waals surface area contributed by atoms with Crippen molar-refractivity contribution in [1.82, 2.24) is 4.98 Å². The maximum Gasteiger partial charge on any atom is 0.177 e. The Labute approximate surface area is 145 Å². The Morgan fingerprint density at radius 2 is 2.36 bits per heavy atom. The van der Waals surface area contributed by atoms with Gasteiger partial charge in [0.15, 0.2) is 5.58 Å². The van der Waals surface area contributed by atoms with Crippen LogP contribution in [0.3, 0.4) is 0 Å². The van der Waals surface area contributed by atoms with Crippen molar-refractivity contribution in [2.75, 3.05) is 5.32 Å². The second-order valence-corrected chi connectivity index (χ2v) is 6.58. The Balaban J connectivity index is 2.07. The van der Waals surface area contributed by atoms with Gasteiger partial charge in [-0.25, -0.2) is 4.98 Å². The molecule has 3 heterocycles. The second-order valence-electron chi connectivity index (χ2n) is 4.78. The van der Waals surface area contributed by atoms with Crippen LogP contribution in [0.25, 0.3) is 11.1 Å². The van der Waals surface area contributed by atoms with Gasteiger partial charge in [-0.1, -0.05) is 29.3 Å². The molecule has 0 aliphatic heterocycles. The van der Waals surface area contributed by atoms with Gasteiger partial charge in [0.25, 0.3) is 0 Å². The third kappa shape index (κ3) is 3.22. The lowest BCUT2D eigenvalue weighted by Gasteiger charge is -2.06. The Bertz CT molecular complexity index is 865. The molecular weight excluding hydrogens is 341 g/mol. The predicted molar refractivity (Wildman–Crippen MR) is 93.0 cm³/mol. The number of furan rings is 1. The SMILES string of the molecule is [2H]C([2H])(c1oc2c(NCc3cccs3)cc(Cl)nc2c1Cl)[C@H](C)N. The Morgan fingerprint density at radius 1 is 1.55 bits per heavy atom. The van der Waals surface area contributed by atoms with E-state index < -0.39 is 12.4 Å². The number of hydrogen-bond acceptors (Lipinski definition) is 5. The highest BCUT2D eigenvalue weighted by Gasteiger charge is 2.18. The van der Waals surface area contributed by atoms with E-state index >= 15 is 0 Å². The molecule has 0 radical (unpaired) electrons. The molecule has 0 aliphatic rings. The van der Waals surface area contributed by atoms with Crippen molar-refractivity contribution < 1.29 is 7.16 Å². The van der Waals surface area contributed by atoms with Crippen LogP contribution in [0, 0.1) is 0 Å². The van der Waals surface area contributed by atoms with E-state index in [1.165, 1.54) is 0 Å². The lowest BCUT2D eigenvalue weighted by Crippen LogP contribution is -2.17. The summed E-state index contributed by atoms with van der Waals surface area (Å²) in [6.45, 7) is 2.14. The largest absolute Gasteiger partial charge is 0.455 e. The van der Waals surface area contributed by atoms with E-state index in [9.17, 15) is 0 Å². The highest BCUT2D eigenvalue weighted by molar-refractivity contribution is 7.09. The summed E-state index contributed by atoms with van der Waals surface area (Å²) in [6, 6.07) is 4.80. The van der Waals surface area contributed by atoms with Crippen molar-refractivity contribution in [1.29, 1.82) is 0 Å². The lowest BCUT2D eigenvalue weighted by molar-refractivity contribution is 0.526. The van der Waals surface area contributed by atoms with Crippen molar-refractivity contribution in [2.45, 2.75) is 25.9 Å². The summed E-state index contributed by atoms with van der Waals surface area (Å²) in [4.78, 5) is 5.31. The van der Waals surface area contributed by atoms with Crippen LogP contribution in [0.2, 0.25) is 10.2 Å². The number of nitrogens with zero attached hydrogens (tertiary/aromatic N) is 1. The molecule has 116 valence electrons. The smallest absolute Gasteiger partial charge is 0.177 e. The topological polar surface area (TPSA) is 64.1 Å². The monoisotopic (exact) mass is 357 g/mol. The summed E-state index contributed by atoms with van der Waals surface area (Å²) in [7, 11) is 0. The molecule has 0 aliphatic carbocycles. The van der Waals surface area contributed by atoms with Gasteiger partial charge in [-0.2, -0.15) is 0 Å². The summed E-state index contributed by atoms with van der Waals surface area (Å²) in [5.74, 6) is -0.0388. The van der Waals surface area contributed by atoms with E-state index in [-0.39, 0.29) is 15.9 Å². The molecule has 0 saturated heterocycles. The number of anilines is 1. The molecule has 0 bridgehead atoms. The Morgan fingerprint density at radius 3 is 3.05 bits per heavy atom. The van der Waals surface area contributed by atoms with Crippen LogP contribution < -0.4 is 11.1 Å². The molecule has 7 heteroatoms. The van der Waals surface area contributed by atoms with Crippen LogP contribution in [0.4, 0.5) is 5.69 Å². The van der Waals surface area contributed by atoms with Crippen molar-refractivity contribution in [2.24, 2.45) is 5.73 Å². The first-order chi connectivity index (χ1) is 11.3. The molecule has 1 atom stereocenters. The van der Waals surface area contributed by atoms with Gasteiger partial charge in [0.2, 0.25) is 0 Å². The molecule has 22 heavy (non-hydrogen) atoms. The Hall–Kier alpha value is -1.27. The van der Waals surface area contributed by atoms with E-state index in [1.54, 1.807) is 24.3 Å². The number of fused-ring (bicyclic) bond motifs is 1. The first kappa shape index (κ1) is 13.2. The molecule has 0 saturated carbocycles. The summed E-state index contributed by atoms with van der Waals surface area (Å²) in [5, 5.41) is 5.56. The van der Waals surface area contributed by atoms with E-state index in [0.29, 0.717) is 23.3 Å². The molecule has 4 nitrogen and oxygen atoms in total. The fourth-order valence-electron chi connectivity index (χ4n) is 2.03. The van der Waals surface area contributed by atoms with Crippen LogP contribution in [0.5, 0.6) is 0 Å². The van der Waals surface area contributed by atoms with E-state index in [1.807, 2.05) is 17.5 Å². The van der Waals surface area contributed by atoms with Crippen LogP contribution in [0.15, 0.2) is 28.0 Å². The van der Waals surface area contributed by atoms with E-state index in [2.05, 4.69) is 10.3 Å². The third-order valence-corrected chi connectivity index (χ3v) is 4.37. The van der Waals surface area contributed by atoms with Crippen molar-refractivity contribution in [3.05, 3.63) is 44.4 Å². The zero-order chi connectivity index (χ0) is 17.5. The van der Waals surface area contributed by atoms with Crippen molar-refractivity contribution in [3.63, 3.8) is 0 Å². The molecule has 3 N–H and O–H groups in total. The summed E-state index contributed by atoms with van der Waals surface area (Å²) in [6.07, 6.45) is -1.92. The van der Waals surface area contributed by atoms with Crippen LogP contribution in [0.1, 0.15) is 20.3 Å². The van der Waals surface area contributed by atoms with Gasteiger partial charge < -0.3 is 15.5 Å². The second kappa shape index (κ2) is 6.46.